The predicted molar refractivity (Wildman–Crippen MR) is 77.6 cm³/mol. The van der Waals surface area contributed by atoms with E-state index in [-0.39, 0.29) is 18.7 Å². The zero-order valence-corrected chi connectivity index (χ0v) is 11.8. The van der Waals surface area contributed by atoms with Crippen molar-refractivity contribution in [2.24, 2.45) is 0 Å². The first-order chi connectivity index (χ1) is 9.02. The van der Waals surface area contributed by atoms with Gasteiger partial charge in [0.1, 0.15) is 0 Å². The van der Waals surface area contributed by atoms with Gasteiger partial charge in [-0.15, -0.1) is 0 Å². The average Bonchev–Trinajstić information content (AvgIpc) is 2.39. The molecule has 3 N–H and O–H groups in total. The lowest BCUT2D eigenvalue weighted by Gasteiger charge is -2.13. The number of amides is 2. The SMILES string of the molecule is CC(CO)NC(=O)NCCc1ccc(N(C)C)cc1. The van der Waals surface area contributed by atoms with Crippen LogP contribution in [0.1, 0.15) is 12.5 Å². The maximum atomic E-state index is 11.4. The summed E-state index contributed by atoms with van der Waals surface area (Å²) in [5.74, 6) is 0. The number of hydrogen-bond acceptors (Lipinski definition) is 3. The molecule has 1 rings (SSSR count). The third-order valence-electron chi connectivity index (χ3n) is 2.80. The second-order valence-electron chi connectivity index (χ2n) is 4.79. The fourth-order valence-electron chi connectivity index (χ4n) is 1.60. The van der Waals surface area contributed by atoms with Gasteiger partial charge in [-0.05, 0) is 31.0 Å². The fourth-order valence-corrected chi connectivity index (χ4v) is 1.60. The highest BCUT2D eigenvalue weighted by atomic mass is 16.3. The first kappa shape index (κ1) is 15.3. The van der Waals surface area contributed by atoms with E-state index in [4.69, 9.17) is 5.11 Å². The topological polar surface area (TPSA) is 64.6 Å². The number of hydrogen-bond donors (Lipinski definition) is 3. The molecular weight excluding hydrogens is 242 g/mol. The summed E-state index contributed by atoms with van der Waals surface area (Å²) >= 11 is 0. The number of nitrogens with zero attached hydrogens (tertiary/aromatic N) is 1. The van der Waals surface area contributed by atoms with E-state index in [1.165, 1.54) is 5.56 Å². The van der Waals surface area contributed by atoms with Gasteiger partial charge in [-0.3, -0.25) is 0 Å². The molecule has 2 amide bonds. The van der Waals surface area contributed by atoms with Crippen molar-refractivity contribution in [1.29, 1.82) is 0 Å². The van der Waals surface area contributed by atoms with Crippen LogP contribution >= 0.6 is 0 Å². The van der Waals surface area contributed by atoms with Crippen molar-refractivity contribution in [2.75, 3.05) is 32.1 Å². The second kappa shape index (κ2) is 7.63. The van der Waals surface area contributed by atoms with E-state index in [0.717, 1.165) is 12.1 Å². The number of rotatable bonds is 6. The third-order valence-corrected chi connectivity index (χ3v) is 2.80. The minimum Gasteiger partial charge on any atom is -0.394 e. The molecule has 0 saturated carbocycles. The Hall–Kier alpha value is -1.75. The van der Waals surface area contributed by atoms with Crippen LogP contribution in [0, 0.1) is 0 Å². The van der Waals surface area contributed by atoms with Crippen LogP contribution in [0.3, 0.4) is 0 Å². The van der Waals surface area contributed by atoms with Crippen LogP contribution in [-0.4, -0.2) is 44.4 Å². The number of nitrogens with one attached hydrogen (secondary N) is 2. The van der Waals surface area contributed by atoms with E-state index in [1.807, 2.05) is 19.0 Å². The van der Waals surface area contributed by atoms with E-state index in [0.29, 0.717) is 6.54 Å². The van der Waals surface area contributed by atoms with Crippen LogP contribution in [0.2, 0.25) is 0 Å². The van der Waals surface area contributed by atoms with Gasteiger partial charge in [-0.1, -0.05) is 12.1 Å². The molecule has 0 saturated heterocycles. The fraction of sp³-hybridized carbons (Fsp3) is 0.500. The van der Waals surface area contributed by atoms with E-state index in [2.05, 4.69) is 34.9 Å². The van der Waals surface area contributed by atoms with Crippen LogP contribution in [0.15, 0.2) is 24.3 Å². The first-order valence-electron chi connectivity index (χ1n) is 6.44. The Bertz CT molecular complexity index is 390. The van der Waals surface area contributed by atoms with Crippen LogP contribution < -0.4 is 15.5 Å². The number of anilines is 1. The zero-order chi connectivity index (χ0) is 14.3. The molecule has 5 nitrogen and oxygen atoms in total. The van der Waals surface area contributed by atoms with Crippen molar-refractivity contribution in [1.82, 2.24) is 10.6 Å². The van der Waals surface area contributed by atoms with E-state index >= 15 is 0 Å². The number of benzene rings is 1. The summed E-state index contributed by atoms with van der Waals surface area (Å²) in [6.07, 6.45) is 0.786. The van der Waals surface area contributed by atoms with Gasteiger partial charge in [0.25, 0.3) is 0 Å². The van der Waals surface area contributed by atoms with Gasteiger partial charge in [0.2, 0.25) is 0 Å². The van der Waals surface area contributed by atoms with Crippen LogP contribution in [0.5, 0.6) is 0 Å². The van der Waals surface area contributed by atoms with Crippen molar-refractivity contribution in [3.8, 4) is 0 Å². The smallest absolute Gasteiger partial charge is 0.315 e. The Morgan fingerprint density at radius 1 is 1.32 bits per heavy atom. The maximum Gasteiger partial charge on any atom is 0.315 e. The van der Waals surface area contributed by atoms with Crippen molar-refractivity contribution in [3.63, 3.8) is 0 Å². The molecule has 0 aliphatic carbocycles. The van der Waals surface area contributed by atoms with Crippen molar-refractivity contribution in [2.45, 2.75) is 19.4 Å². The van der Waals surface area contributed by atoms with Crippen molar-refractivity contribution >= 4 is 11.7 Å². The Morgan fingerprint density at radius 3 is 2.47 bits per heavy atom. The highest BCUT2D eigenvalue weighted by molar-refractivity contribution is 5.74. The van der Waals surface area contributed by atoms with E-state index in [9.17, 15) is 4.79 Å². The summed E-state index contributed by atoms with van der Waals surface area (Å²) < 4.78 is 0. The lowest BCUT2D eigenvalue weighted by Crippen LogP contribution is -2.42. The van der Waals surface area contributed by atoms with Crippen LogP contribution in [0.4, 0.5) is 10.5 Å². The molecule has 0 aliphatic rings. The second-order valence-corrected chi connectivity index (χ2v) is 4.79. The van der Waals surface area contributed by atoms with Gasteiger partial charge >= 0.3 is 6.03 Å². The largest absolute Gasteiger partial charge is 0.394 e. The quantitative estimate of drug-likeness (QED) is 0.718. The molecule has 0 bridgehead atoms. The lowest BCUT2D eigenvalue weighted by atomic mass is 10.1. The number of carbonyl (C=O) groups excluding carboxylic acids is 1. The Balaban J connectivity index is 2.31. The lowest BCUT2D eigenvalue weighted by molar-refractivity contribution is 0.220. The molecule has 1 atom stereocenters. The van der Waals surface area contributed by atoms with E-state index < -0.39 is 0 Å². The molecule has 1 aromatic carbocycles. The molecule has 1 aromatic rings. The van der Waals surface area contributed by atoms with Crippen LogP contribution in [-0.2, 0) is 6.42 Å². The number of aliphatic hydroxyl groups excluding tert-OH is 1. The summed E-state index contributed by atoms with van der Waals surface area (Å²) in [6, 6.07) is 7.77. The summed E-state index contributed by atoms with van der Waals surface area (Å²) in [7, 11) is 4.01. The van der Waals surface area contributed by atoms with Gasteiger partial charge < -0.3 is 20.6 Å². The minimum atomic E-state index is -0.244. The molecule has 0 aromatic heterocycles. The minimum absolute atomic E-state index is 0.0561. The number of urea groups is 1. The Kier molecular flexibility index (Phi) is 6.15. The summed E-state index contributed by atoms with van der Waals surface area (Å²) in [5, 5.41) is 14.2. The van der Waals surface area contributed by atoms with Gasteiger partial charge in [-0.2, -0.15) is 0 Å². The third kappa shape index (κ3) is 5.61. The van der Waals surface area contributed by atoms with Gasteiger partial charge in [0, 0.05) is 26.3 Å². The van der Waals surface area contributed by atoms with Crippen LogP contribution in [0.25, 0.3) is 0 Å². The molecule has 5 heteroatoms. The van der Waals surface area contributed by atoms with E-state index in [1.54, 1.807) is 6.92 Å². The standard InChI is InChI=1S/C14H23N3O2/c1-11(10-18)16-14(19)15-9-8-12-4-6-13(7-5-12)17(2)3/h4-7,11,18H,8-10H2,1-3H3,(H2,15,16,19). The molecule has 1 unspecified atom stereocenters. The highest BCUT2D eigenvalue weighted by Crippen LogP contribution is 2.12. The van der Waals surface area contributed by atoms with Crippen molar-refractivity contribution < 1.29 is 9.90 Å². The summed E-state index contributed by atoms with van der Waals surface area (Å²) in [4.78, 5) is 13.5. The number of carbonyl (C=O) groups is 1. The molecule has 106 valence electrons. The maximum absolute atomic E-state index is 11.4. The Labute approximate surface area is 114 Å². The van der Waals surface area contributed by atoms with Gasteiger partial charge in [-0.25, -0.2) is 4.79 Å². The Morgan fingerprint density at radius 2 is 1.95 bits per heavy atom. The average molecular weight is 265 g/mol. The van der Waals surface area contributed by atoms with Gasteiger partial charge in [0.15, 0.2) is 0 Å². The molecule has 0 fully saturated rings. The molecule has 0 spiro atoms. The molecule has 0 aliphatic heterocycles. The van der Waals surface area contributed by atoms with Crippen molar-refractivity contribution in [3.05, 3.63) is 29.8 Å². The molecule has 0 heterocycles. The molecule has 0 radical (unpaired) electrons. The number of aliphatic hydroxyl groups is 1. The summed E-state index contributed by atoms with van der Waals surface area (Å²) in [6.45, 7) is 2.27. The zero-order valence-electron chi connectivity index (χ0n) is 11.8. The highest BCUT2D eigenvalue weighted by Gasteiger charge is 2.04. The monoisotopic (exact) mass is 265 g/mol. The predicted octanol–water partition coefficient (Wildman–Crippen LogP) is 0.975. The first-order valence-corrected chi connectivity index (χ1v) is 6.44. The summed E-state index contributed by atoms with van der Waals surface area (Å²) in [5.41, 5.74) is 2.34. The van der Waals surface area contributed by atoms with Gasteiger partial charge in [0.05, 0.1) is 12.6 Å². The normalized spacial score (nSPS) is 11.8. The molecule has 19 heavy (non-hydrogen) atoms. The molecular formula is C14H23N3O2.